The molecule has 0 N–H and O–H groups in total. The molecule has 0 fully saturated rings. The van der Waals surface area contributed by atoms with E-state index in [1.807, 2.05) is 42.7 Å². The van der Waals surface area contributed by atoms with E-state index in [4.69, 9.17) is 4.42 Å². The van der Waals surface area contributed by atoms with E-state index in [0.717, 1.165) is 28.0 Å². The van der Waals surface area contributed by atoms with Crippen LogP contribution in [-0.2, 0) is 12.3 Å². The lowest BCUT2D eigenvalue weighted by Gasteiger charge is -2.08. The van der Waals surface area contributed by atoms with E-state index in [2.05, 4.69) is 21.8 Å². The Morgan fingerprint density at radius 2 is 2.11 bits per heavy atom. The van der Waals surface area contributed by atoms with E-state index < -0.39 is 0 Å². The van der Waals surface area contributed by atoms with Crippen LogP contribution in [0.2, 0.25) is 0 Å². The summed E-state index contributed by atoms with van der Waals surface area (Å²) in [4.78, 5) is 17.1. The molecule has 4 heterocycles. The summed E-state index contributed by atoms with van der Waals surface area (Å²) in [6, 6.07) is 9.07. The molecule has 4 aromatic rings. The number of nitrogens with zero attached hydrogens (tertiary/aromatic N) is 5. The van der Waals surface area contributed by atoms with Crippen molar-refractivity contribution in [2.75, 3.05) is 0 Å². The van der Waals surface area contributed by atoms with Crippen LogP contribution >= 0.6 is 11.8 Å². The summed E-state index contributed by atoms with van der Waals surface area (Å²) in [5.74, 6) is 2.03. The first-order valence-electron chi connectivity index (χ1n) is 8.78. The summed E-state index contributed by atoms with van der Waals surface area (Å²) in [5.41, 5.74) is 3.03. The highest BCUT2D eigenvalue weighted by Gasteiger charge is 2.17. The largest absolute Gasteiger partial charge is 0.469 e. The second-order valence-corrected chi connectivity index (χ2v) is 7.27. The molecule has 0 spiro atoms. The minimum Gasteiger partial charge on any atom is -0.469 e. The predicted molar refractivity (Wildman–Crippen MR) is 108 cm³/mol. The van der Waals surface area contributed by atoms with Crippen molar-refractivity contribution in [3.63, 3.8) is 0 Å². The van der Waals surface area contributed by atoms with Crippen LogP contribution in [0.4, 0.5) is 0 Å². The van der Waals surface area contributed by atoms with E-state index in [-0.39, 0.29) is 5.56 Å². The van der Waals surface area contributed by atoms with Gasteiger partial charge in [-0.15, -0.1) is 16.8 Å². The molecular weight excluding hydrogens is 374 g/mol. The molecule has 28 heavy (non-hydrogen) atoms. The molecule has 142 valence electrons. The summed E-state index contributed by atoms with van der Waals surface area (Å²) in [6.45, 7) is 8.18. The molecule has 0 radical (unpaired) electrons. The lowest BCUT2D eigenvalue weighted by Crippen LogP contribution is -2.17. The third kappa shape index (κ3) is 3.27. The minimum absolute atomic E-state index is 0.0824. The lowest BCUT2D eigenvalue weighted by molar-refractivity contribution is 0.534. The van der Waals surface area contributed by atoms with E-state index in [0.29, 0.717) is 23.6 Å². The average Bonchev–Trinajstić information content (AvgIpc) is 3.26. The number of hydrogen-bond acceptors (Lipinski definition) is 6. The highest BCUT2D eigenvalue weighted by atomic mass is 32.2. The number of thioether (sulfide) groups is 1. The van der Waals surface area contributed by atoms with Crippen LogP contribution in [0.5, 0.6) is 0 Å². The zero-order valence-electron chi connectivity index (χ0n) is 15.6. The number of hydrogen-bond donors (Lipinski definition) is 0. The van der Waals surface area contributed by atoms with Gasteiger partial charge < -0.3 is 4.42 Å². The number of aryl methyl sites for hydroxylation is 2. The van der Waals surface area contributed by atoms with Crippen LogP contribution in [0, 0.1) is 13.8 Å². The standard InChI is InChI=1S/C20H19N5O2S/c1-4-9-24-19(16-8-10-27-14(16)3)22-23-20(24)28-12-15-11-18(26)25-13(2)6-5-7-17(25)21-15/h4-8,10-11H,1,9,12H2,2-3H3. The van der Waals surface area contributed by atoms with E-state index in [9.17, 15) is 4.79 Å². The second kappa shape index (κ2) is 7.47. The third-order valence-electron chi connectivity index (χ3n) is 4.41. The number of rotatable bonds is 6. The molecule has 4 aromatic heterocycles. The Hall–Kier alpha value is -3.13. The van der Waals surface area contributed by atoms with Gasteiger partial charge in [0.15, 0.2) is 11.0 Å². The van der Waals surface area contributed by atoms with Gasteiger partial charge in [-0.2, -0.15) is 0 Å². The van der Waals surface area contributed by atoms with Crippen LogP contribution in [0.25, 0.3) is 17.0 Å². The Balaban J connectivity index is 1.65. The van der Waals surface area contributed by atoms with Gasteiger partial charge in [0.05, 0.1) is 17.5 Å². The van der Waals surface area contributed by atoms with Gasteiger partial charge in [-0.25, -0.2) is 4.98 Å². The minimum atomic E-state index is -0.0824. The first-order valence-corrected chi connectivity index (χ1v) is 9.76. The molecule has 0 aliphatic carbocycles. The summed E-state index contributed by atoms with van der Waals surface area (Å²) in [5, 5.41) is 9.39. The zero-order chi connectivity index (χ0) is 19.7. The molecule has 0 atom stereocenters. The normalized spacial score (nSPS) is 11.2. The predicted octanol–water partition coefficient (Wildman–Crippen LogP) is 3.64. The van der Waals surface area contributed by atoms with Crippen LogP contribution in [0.3, 0.4) is 0 Å². The summed E-state index contributed by atoms with van der Waals surface area (Å²) < 4.78 is 8.98. The zero-order valence-corrected chi connectivity index (χ0v) is 16.4. The van der Waals surface area contributed by atoms with Crippen molar-refractivity contribution in [2.45, 2.75) is 31.3 Å². The fourth-order valence-corrected chi connectivity index (χ4v) is 3.92. The van der Waals surface area contributed by atoms with Gasteiger partial charge in [-0.3, -0.25) is 13.8 Å². The van der Waals surface area contributed by atoms with Crippen molar-refractivity contribution >= 4 is 17.4 Å². The number of aromatic nitrogens is 5. The van der Waals surface area contributed by atoms with Gasteiger partial charge in [0.2, 0.25) is 0 Å². The van der Waals surface area contributed by atoms with Crippen molar-refractivity contribution in [2.24, 2.45) is 0 Å². The van der Waals surface area contributed by atoms with Gasteiger partial charge >= 0.3 is 0 Å². The van der Waals surface area contributed by atoms with Crippen molar-refractivity contribution in [1.82, 2.24) is 24.1 Å². The van der Waals surface area contributed by atoms with Gasteiger partial charge in [0.25, 0.3) is 5.56 Å². The van der Waals surface area contributed by atoms with Gasteiger partial charge in [-0.1, -0.05) is 23.9 Å². The van der Waals surface area contributed by atoms with Gasteiger partial charge in [0, 0.05) is 24.1 Å². The maximum atomic E-state index is 12.5. The Morgan fingerprint density at radius 3 is 2.86 bits per heavy atom. The van der Waals surface area contributed by atoms with Crippen molar-refractivity contribution in [1.29, 1.82) is 0 Å². The number of allylic oxidation sites excluding steroid dienone is 1. The third-order valence-corrected chi connectivity index (χ3v) is 5.41. The van der Waals surface area contributed by atoms with Crippen LogP contribution in [0.15, 0.2) is 63.6 Å². The van der Waals surface area contributed by atoms with Crippen LogP contribution in [-0.4, -0.2) is 24.1 Å². The Kier molecular flexibility index (Phi) is 4.87. The van der Waals surface area contributed by atoms with Crippen LogP contribution < -0.4 is 5.56 Å². The van der Waals surface area contributed by atoms with Crippen LogP contribution in [0.1, 0.15) is 17.1 Å². The van der Waals surface area contributed by atoms with Crippen molar-refractivity contribution in [3.8, 4) is 11.4 Å². The molecule has 4 rings (SSSR count). The highest BCUT2D eigenvalue weighted by Crippen LogP contribution is 2.28. The summed E-state index contributed by atoms with van der Waals surface area (Å²) in [6.07, 6.45) is 3.44. The average molecular weight is 393 g/mol. The molecule has 0 bridgehead atoms. The monoisotopic (exact) mass is 393 g/mol. The number of fused-ring (bicyclic) bond motifs is 1. The quantitative estimate of drug-likeness (QED) is 0.368. The van der Waals surface area contributed by atoms with E-state index in [1.165, 1.54) is 11.8 Å². The number of pyridine rings is 1. The molecule has 0 saturated heterocycles. The second-order valence-electron chi connectivity index (χ2n) is 6.33. The summed E-state index contributed by atoms with van der Waals surface area (Å²) in [7, 11) is 0. The Labute approximate surface area is 165 Å². The summed E-state index contributed by atoms with van der Waals surface area (Å²) >= 11 is 1.49. The van der Waals surface area contributed by atoms with Crippen molar-refractivity contribution < 1.29 is 4.42 Å². The Bertz CT molecular complexity index is 1220. The molecule has 8 heteroatoms. The molecule has 0 aromatic carbocycles. The fraction of sp³-hybridized carbons (Fsp3) is 0.200. The smallest absolute Gasteiger partial charge is 0.258 e. The van der Waals surface area contributed by atoms with Gasteiger partial charge in [0.1, 0.15) is 11.4 Å². The molecular formula is C20H19N5O2S. The molecule has 0 saturated carbocycles. The van der Waals surface area contributed by atoms with Crippen molar-refractivity contribution in [3.05, 3.63) is 76.8 Å². The maximum absolute atomic E-state index is 12.5. The molecule has 7 nitrogen and oxygen atoms in total. The topological polar surface area (TPSA) is 78.2 Å². The first kappa shape index (κ1) is 18.2. The van der Waals surface area contributed by atoms with E-state index in [1.54, 1.807) is 22.8 Å². The fourth-order valence-electron chi connectivity index (χ4n) is 3.08. The molecule has 0 aliphatic rings. The molecule has 0 aliphatic heterocycles. The highest BCUT2D eigenvalue weighted by molar-refractivity contribution is 7.98. The molecule has 0 amide bonds. The SMILES string of the molecule is C=CCn1c(SCc2cc(=O)n3c(C)cccc3n2)nnc1-c1ccoc1C. The Morgan fingerprint density at radius 1 is 1.25 bits per heavy atom. The van der Waals surface area contributed by atoms with E-state index >= 15 is 0 Å². The van der Waals surface area contributed by atoms with Gasteiger partial charge in [-0.05, 0) is 32.0 Å². The first-order chi connectivity index (χ1) is 13.6. The molecule has 0 unspecified atom stereocenters. The maximum Gasteiger partial charge on any atom is 0.258 e. The number of furan rings is 1. The lowest BCUT2D eigenvalue weighted by atomic mass is 10.2.